The third kappa shape index (κ3) is 4.02. The molecule has 1 amide bonds. The highest BCUT2D eigenvalue weighted by molar-refractivity contribution is 9.10. The summed E-state index contributed by atoms with van der Waals surface area (Å²) in [4.78, 5) is 45.3. The zero-order valence-electron chi connectivity index (χ0n) is 19.1. The monoisotopic (exact) mass is 566 g/mol. The molecule has 4 aromatic rings. The number of anilines is 1. The first-order chi connectivity index (χ1) is 17.3. The average molecular weight is 567 g/mol. The number of hydrogen-bond donors (Lipinski definition) is 1. The van der Waals surface area contributed by atoms with Crippen LogP contribution in [0.25, 0.3) is 11.0 Å². The van der Waals surface area contributed by atoms with Crippen LogP contribution < -0.4 is 4.90 Å². The van der Waals surface area contributed by atoms with E-state index in [1.54, 1.807) is 62.4 Å². The van der Waals surface area contributed by atoms with Crippen molar-refractivity contribution in [3.63, 3.8) is 0 Å². The summed E-state index contributed by atoms with van der Waals surface area (Å²) in [5, 5.41) is 11.8. The molecule has 36 heavy (non-hydrogen) atoms. The Balaban J connectivity index is 1.63. The van der Waals surface area contributed by atoms with Gasteiger partial charge in [0.25, 0.3) is 5.91 Å². The van der Waals surface area contributed by atoms with Crippen LogP contribution >= 0.6 is 27.3 Å². The standard InChI is InChI=1S/C26H19BrN2O6S/c1-3-34-25(33)23-13(2)28-26(36-23)29-20(14-8-10-16(27)11-9-14)19(22(31)24(29)32)21(30)18-12-15-6-4-5-7-17(15)35-18/h4-12,20,31H,3H2,1-2H3. The third-order valence-electron chi connectivity index (χ3n) is 5.74. The molecule has 182 valence electrons. The van der Waals surface area contributed by atoms with Crippen molar-refractivity contribution >= 4 is 61.0 Å². The van der Waals surface area contributed by atoms with Gasteiger partial charge in [0, 0.05) is 9.86 Å². The lowest BCUT2D eigenvalue weighted by Crippen LogP contribution is -2.31. The molecular formula is C26H19BrN2O6S. The first kappa shape index (κ1) is 24.0. The molecule has 0 fully saturated rings. The number of benzene rings is 2. The molecule has 0 radical (unpaired) electrons. The van der Waals surface area contributed by atoms with E-state index in [1.807, 2.05) is 6.07 Å². The topological polar surface area (TPSA) is 110 Å². The van der Waals surface area contributed by atoms with E-state index < -0.39 is 29.5 Å². The number of nitrogens with zero attached hydrogens (tertiary/aromatic N) is 2. The van der Waals surface area contributed by atoms with E-state index in [0.717, 1.165) is 21.2 Å². The van der Waals surface area contributed by atoms with Crippen molar-refractivity contribution in [2.24, 2.45) is 0 Å². The number of carbonyl (C=O) groups is 3. The highest BCUT2D eigenvalue weighted by atomic mass is 79.9. The van der Waals surface area contributed by atoms with Gasteiger partial charge in [-0.25, -0.2) is 9.78 Å². The highest BCUT2D eigenvalue weighted by Gasteiger charge is 2.47. The molecule has 0 saturated heterocycles. The summed E-state index contributed by atoms with van der Waals surface area (Å²) in [5.74, 6) is -2.67. The molecule has 0 aliphatic carbocycles. The maximum absolute atomic E-state index is 13.7. The third-order valence-corrected chi connectivity index (χ3v) is 7.41. The van der Waals surface area contributed by atoms with Gasteiger partial charge in [-0.15, -0.1) is 0 Å². The number of hydrogen-bond acceptors (Lipinski definition) is 8. The number of ketones is 1. The molecule has 0 saturated carbocycles. The van der Waals surface area contributed by atoms with Gasteiger partial charge in [0.1, 0.15) is 10.5 Å². The minimum atomic E-state index is -0.994. The molecule has 0 bridgehead atoms. The van der Waals surface area contributed by atoms with Crippen LogP contribution in [0.5, 0.6) is 0 Å². The molecule has 8 nitrogen and oxygen atoms in total. The summed E-state index contributed by atoms with van der Waals surface area (Å²) in [5.41, 5.74) is 1.33. The van der Waals surface area contributed by atoms with Crippen molar-refractivity contribution in [1.29, 1.82) is 0 Å². The minimum Gasteiger partial charge on any atom is -0.503 e. The van der Waals surface area contributed by atoms with Crippen LogP contribution in [0.4, 0.5) is 5.13 Å². The number of aliphatic hydroxyl groups excluding tert-OH is 1. The van der Waals surface area contributed by atoms with Gasteiger partial charge in [-0.1, -0.05) is 57.6 Å². The van der Waals surface area contributed by atoms with E-state index in [9.17, 15) is 19.5 Å². The van der Waals surface area contributed by atoms with Crippen LogP contribution in [0, 0.1) is 6.92 Å². The van der Waals surface area contributed by atoms with Gasteiger partial charge in [0.2, 0.25) is 5.78 Å². The van der Waals surface area contributed by atoms with Crippen LogP contribution in [-0.2, 0) is 9.53 Å². The zero-order valence-corrected chi connectivity index (χ0v) is 21.6. The van der Waals surface area contributed by atoms with Crippen molar-refractivity contribution in [3.8, 4) is 0 Å². The number of aromatic nitrogens is 1. The number of thiazole rings is 1. The number of esters is 1. The second kappa shape index (κ2) is 9.36. The molecule has 5 rings (SSSR count). The summed E-state index contributed by atoms with van der Waals surface area (Å²) in [6.07, 6.45) is 0. The Bertz CT molecular complexity index is 1520. The van der Waals surface area contributed by atoms with Gasteiger partial charge in [-0.3, -0.25) is 14.5 Å². The number of halogens is 1. The van der Waals surface area contributed by atoms with Crippen LogP contribution in [0.3, 0.4) is 0 Å². The molecule has 1 unspecified atom stereocenters. The van der Waals surface area contributed by atoms with Crippen LogP contribution in [0.15, 0.2) is 74.8 Å². The zero-order chi connectivity index (χ0) is 25.6. The summed E-state index contributed by atoms with van der Waals surface area (Å²) in [6.45, 7) is 3.52. The summed E-state index contributed by atoms with van der Waals surface area (Å²) in [6, 6.07) is 14.8. The number of amides is 1. The molecule has 10 heteroatoms. The van der Waals surface area contributed by atoms with E-state index in [-0.39, 0.29) is 27.9 Å². The predicted octanol–water partition coefficient (Wildman–Crippen LogP) is 5.92. The second-order valence-electron chi connectivity index (χ2n) is 8.00. The van der Waals surface area contributed by atoms with Crippen LogP contribution in [-0.4, -0.2) is 34.4 Å². The lowest BCUT2D eigenvalue weighted by atomic mass is 9.95. The van der Waals surface area contributed by atoms with Crippen molar-refractivity contribution in [2.75, 3.05) is 11.5 Å². The number of Topliss-reactive ketones (excluding diaryl/α,β-unsaturated/α-hetero) is 1. The normalized spacial score (nSPS) is 15.7. The first-order valence-corrected chi connectivity index (χ1v) is 12.6. The van der Waals surface area contributed by atoms with E-state index in [0.29, 0.717) is 16.8 Å². The predicted molar refractivity (Wildman–Crippen MR) is 137 cm³/mol. The Morgan fingerprint density at radius 1 is 1.19 bits per heavy atom. The number of furan rings is 1. The SMILES string of the molecule is CCOC(=O)c1sc(N2C(=O)C(O)=C(C(=O)c3cc4ccccc4o3)C2c2ccc(Br)cc2)nc1C. The van der Waals surface area contributed by atoms with E-state index >= 15 is 0 Å². The molecule has 1 atom stereocenters. The van der Waals surface area contributed by atoms with E-state index in [1.165, 1.54) is 4.90 Å². The Morgan fingerprint density at radius 3 is 2.61 bits per heavy atom. The summed E-state index contributed by atoms with van der Waals surface area (Å²) < 4.78 is 11.6. The van der Waals surface area contributed by atoms with Crippen molar-refractivity contribution < 1.29 is 28.6 Å². The molecule has 3 heterocycles. The van der Waals surface area contributed by atoms with Gasteiger partial charge in [-0.2, -0.15) is 0 Å². The first-order valence-electron chi connectivity index (χ1n) is 11.0. The smallest absolute Gasteiger partial charge is 0.350 e. The van der Waals surface area contributed by atoms with Gasteiger partial charge in [-0.05, 0) is 43.7 Å². The number of rotatable bonds is 6. The van der Waals surface area contributed by atoms with Crippen molar-refractivity contribution in [3.05, 3.63) is 92.3 Å². The highest BCUT2D eigenvalue weighted by Crippen LogP contribution is 2.44. The van der Waals surface area contributed by atoms with Crippen LogP contribution in [0.2, 0.25) is 0 Å². The quantitative estimate of drug-likeness (QED) is 0.228. The molecule has 1 N–H and O–H groups in total. The number of carbonyl (C=O) groups excluding carboxylic acids is 3. The number of fused-ring (bicyclic) bond motifs is 1. The van der Waals surface area contributed by atoms with Gasteiger partial charge >= 0.3 is 5.97 Å². The number of aryl methyl sites for hydroxylation is 1. The molecular weight excluding hydrogens is 548 g/mol. The number of aliphatic hydroxyl groups is 1. The molecule has 0 spiro atoms. The lowest BCUT2D eigenvalue weighted by molar-refractivity contribution is -0.117. The van der Waals surface area contributed by atoms with E-state index in [4.69, 9.17) is 9.15 Å². The molecule has 2 aromatic heterocycles. The van der Waals surface area contributed by atoms with Gasteiger partial charge < -0.3 is 14.3 Å². The number of ether oxygens (including phenoxy) is 1. The van der Waals surface area contributed by atoms with E-state index in [2.05, 4.69) is 20.9 Å². The fourth-order valence-corrected chi connectivity index (χ4v) is 5.34. The Morgan fingerprint density at radius 2 is 1.92 bits per heavy atom. The summed E-state index contributed by atoms with van der Waals surface area (Å²) >= 11 is 4.36. The van der Waals surface area contributed by atoms with Crippen molar-refractivity contribution in [2.45, 2.75) is 19.9 Å². The Labute approximate surface area is 217 Å². The molecule has 1 aliphatic heterocycles. The fourth-order valence-electron chi connectivity index (χ4n) is 4.09. The van der Waals surface area contributed by atoms with Crippen molar-refractivity contribution in [1.82, 2.24) is 4.98 Å². The summed E-state index contributed by atoms with van der Waals surface area (Å²) in [7, 11) is 0. The largest absolute Gasteiger partial charge is 0.503 e. The second-order valence-corrected chi connectivity index (χ2v) is 9.89. The Kier molecular flexibility index (Phi) is 6.23. The molecule has 2 aromatic carbocycles. The molecule has 1 aliphatic rings. The maximum atomic E-state index is 13.7. The number of para-hydroxylation sites is 1. The Hall–Kier alpha value is -3.76. The average Bonchev–Trinajstić information content (AvgIpc) is 3.53. The minimum absolute atomic E-state index is 0.00274. The lowest BCUT2D eigenvalue weighted by Gasteiger charge is -2.24. The fraction of sp³-hybridized carbons (Fsp3) is 0.154. The maximum Gasteiger partial charge on any atom is 0.350 e. The van der Waals surface area contributed by atoms with Gasteiger partial charge in [0.05, 0.1) is 23.9 Å². The van der Waals surface area contributed by atoms with Gasteiger partial charge in [0.15, 0.2) is 16.7 Å². The van der Waals surface area contributed by atoms with Crippen LogP contribution in [0.1, 0.15) is 44.4 Å².